The molecule has 2 atom stereocenters. The molecule has 138 valence electrons. The van der Waals surface area contributed by atoms with Gasteiger partial charge in [0.1, 0.15) is 16.7 Å². The first-order valence-electron chi connectivity index (χ1n) is 8.83. The highest BCUT2D eigenvalue weighted by atomic mass is 32.2. The third-order valence-electron chi connectivity index (χ3n) is 4.88. The lowest BCUT2D eigenvalue weighted by molar-refractivity contribution is -0.128. The number of sulfonamides is 1. The van der Waals surface area contributed by atoms with Gasteiger partial charge in [-0.15, -0.1) is 0 Å². The minimum atomic E-state index is -3.63. The predicted octanol–water partition coefficient (Wildman–Crippen LogP) is 2.11. The van der Waals surface area contributed by atoms with Gasteiger partial charge in [-0.3, -0.25) is 4.79 Å². The lowest BCUT2D eigenvalue weighted by Crippen LogP contribution is -2.48. The highest BCUT2D eigenvalue weighted by Crippen LogP contribution is 2.36. The number of rotatable bonds is 2. The molecular weight excluding hydrogens is 340 g/mol. The Morgan fingerprint density at radius 3 is 2.60 bits per heavy atom. The van der Waals surface area contributed by atoms with Crippen LogP contribution in [0.15, 0.2) is 29.2 Å². The number of hydrogen-bond acceptors (Lipinski definition) is 4. The highest BCUT2D eigenvalue weighted by Gasteiger charge is 2.43. The van der Waals surface area contributed by atoms with Crippen LogP contribution in [0.3, 0.4) is 0 Å². The van der Waals surface area contributed by atoms with E-state index in [1.54, 1.807) is 40.4 Å². The first kappa shape index (κ1) is 18.2. The molecule has 1 aromatic rings. The molecule has 0 N–H and O–H groups in total. The van der Waals surface area contributed by atoms with Crippen LogP contribution < -0.4 is 4.74 Å². The lowest BCUT2D eigenvalue weighted by Gasteiger charge is -2.32. The molecule has 25 heavy (non-hydrogen) atoms. The molecule has 7 heteroatoms. The van der Waals surface area contributed by atoms with Crippen LogP contribution >= 0.6 is 0 Å². The van der Waals surface area contributed by atoms with E-state index >= 15 is 0 Å². The van der Waals surface area contributed by atoms with E-state index in [1.165, 1.54) is 0 Å². The highest BCUT2D eigenvalue weighted by molar-refractivity contribution is 7.89. The fraction of sp³-hybridized carbons (Fsp3) is 0.611. The van der Waals surface area contributed by atoms with Crippen LogP contribution in [-0.2, 0) is 14.8 Å². The smallest absolute Gasteiger partial charge is 0.247 e. The number of amides is 1. The fourth-order valence-electron chi connectivity index (χ4n) is 3.66. The second kappa shape index (κ2) is 6.96. The molecule has 1 fully saturated rings. The molecule has 0 aliphatic carbocycles. The molecule has 1 amide bonds. The van der Waals surface area contributed by atoms with Crippen molar-refractivity contribution in [3.05, 3.63) is 24.3 Å². The number of carbonyl (C=O) groups excluding carboxylic acids is 1. The van der Waals surface area contributed by atoms with Crippen molar-refractivity contribution in [1.29, 1.82) is 0 Å². The molecule has 0 bridgehead atoms. The number of benzene rings is 1. The summed E-state index contributed by atoms with van der Waals surface area (Å²) in [5.41, 5.74) is 0. The van der Waals surface area contributed by atoms with E-state index in [9.17, 15) is 13.2 Å². The minimum absolute atomic E-state index is 0.0233. The average Bonchev–Trinajstić information content (AvgIpc) is 2.79. The van der Waals surface area contributed by atoms with Gasteiger partial charge in [-0.1, -0.05) is 26.0 Å². The van der Waals surface area contributed by atoms with Gasteiger partial charge in [-0.25, -0.2) is 8.42 Å². The summed E-state index contributed by atoms with van der Waals surface area (Å²) in [6, 6.07) is 6.59. The Balaban J connectivity index is 2.05. The molecule has 2 heterocycles. The SMILES string of the molecule is CC(=O)N1CC[C@@H]2[C@@H](CC1)Oc1ccccc1S(=O)(=O)N2CC(C)C. The van der Waals surface area contributed by atoms with Gasteiger partial charge in [0.2, 0.25) is 15.9 Å². The Bertz CT molecular complexity index is 747. The number of ether oxygens (including phenoxy) is 1. The van der Waals surface area contributed by atoms with Crippen LogP contribution in [0.5, 0.6) is 5.75 Å². The average molecular weight is 366 g/mol. The number of nitrogens with zero attached hydrogens (tertiary/aromatic N) is 2. The van der Waals surface area contributed by atoms with Crippen molar-refractivity contribution in [3.8, 4) is 5.75 Å². The topological polar surface area (TPSA) is 66.9 Å². The molecule has 2 aliphatic heterocycles. The molecule has 0 radical (unpaired) electrons. The van der Waals surface area contributed by atoms with Gasteiger partial charge in [0.05, 0.1) is 6.04 Å². The maximum Gasteiger partial charge on any atom is 0.247 e. The Morgan fingerprint density at radius 2 is 1.92 bits per heavy atom. The molecule has 1 aromatic carbocycles. The largest absolute Gasteiger partial charge is 0.487 e. The van der Waals surface area contributed by atoms with Crippen LogP contribution in [-0.4, -0.2) is 55.3 Å². The molecule has 0 spiro atoms. The maximum absolute atomic E-state index is 13.3. The standard InChI is InChI=1S/C18H26N2O4S/c1-13(2)12-20-15-8-10-19(14(3)21)11-9-16(15)24-17-6-4-5-7-18(17)25(20,22)23/h4-7,13,15-16H,8-12H2,1-3H3/t15-,16-/m1/s1. The van der Waals surface area contributed by atoms with E-state index < -0.39 is 10.0 Å². The zero-order valence-electron chi connectivity index (χ0n) is 15.0. The van der Waals surface area contributed by atoms with E-state index in [-0.39, 0.29) is 28.9 Å². The molecule has 0 unspecified atom stereocenters. The van der Waals surface area contributed by atoms with E-state index in [0.717, 1.165) is 0 Å². The van der Waals surface area contributed by atoms with Crippen molar-refractivity contribution in [1.82, 2.24) is 9.21 Å². The number of fused-ring (bicyclic) bond motifs is 2. The third-order valence-corrected chi connectivity index (χ3v) is 6.81. The zero-order valence-corrected chi connectivity index (χ0v) is 15.8. The summed E-state index contributed by atoms with van der Waals surface area (Å²) in [4.78, 5) is 13.8. The normalized spacial score (nSPS) is 26.2. The van der Waals surface area contributed by atoms with Crippen molar-refractivity contribution in [3.63, 3.8) is 0 Å². The van der Waals surface area contributed by atoms with Crippen molar-refractivity contribution in [2.24, 2.45) is 5.92 Å². The molecule has 0 saturated carbocycles. The van der Waals surface area contributed by atoms with Crippen LogP contribution in [0.4, 0.5) is 0 Å². The second-order valence-corrected chi connectivity index (χ2v) is 9.08. The van der Waals surface area contributed by atoms with E-state index in [1.807, 2.05) is 13.8 Å². The lowest BCUT2D eigenvalue weighted by atomic mass is 10.0. The second-order valence-electron chi connectivity index (χ2n) is 7.22. The van der Waals surface area contributed by atoms with E-state index in [4.69, 9.17) is 4.74 Å². The van der Waals surface area contributed by atoms with Crippen LogP contribution in [0, 0.1) is 5.92 Å². The summed E-state index contributed by atoms with van der Waals surface area (Å²) in [6.45, 7) is 7.18. The summed E-state index contributed by atoms with van der Waals surface area (Å²) in [7, 11) is -3.63. The molecule has 6 nitrogen and oxygen atoms in total. The number of para-hydroxylation sites is 1. The van der Waals surface area contributed by atoms with Gasteiger partial charge in [-0.2, -0.15) is 4.31 Å². The summed E-state index contributed by atoms with van der Waals surface area (Å²) < 4.78 is 34.4. The predicted molar refractivity (Wildman–Crippen MR) is 94.9 cm³/mol. The van der Waals surface area contributed by atoms with Gasteiger partial charge < -0.3 is 9.64 Å². The van der Waals surface area contributed by atoms with Crippen molar-refractivity contribution in [2.75, 3.05) is 19.6 Å². The van der Waals surface area contributed by atoms with Crippen molar-refractivity contribution in [2.45, 2.75) is 50.7 Å². The quantitative estimate of drug-likeness (QED) is 0.804. The molecule has 0 aromatic heterocycles. The van der Waals surface area contributed by atoms with Gasteiger partial charge in [0.15, 0.2) is 0 Å². The van der Waals surface area contributed by atoms with Gasteiger partial charge >= 0.3 is 0 Å². The monoisotopic (exact) mass is 366 g/mol. The summed E-state index contributed by atoms with van der Waals surface area (Å²) in [5.74, 6) is 0.642. The van der Waals surface area contributed by atoms with Gasteiger partial charge in [0.25, 0.3) is 0 Å². The van der Waals surface area contributed by atoms with Crippen LogP contribution in [0.25, 0.3) is 0 Å². The summed E-state index contributed by atoms with van der Waals surface area (Å²) in [5, 5.41) is 0. The molecule has 1 saturated heterocycles. The Morgan fingerprint density at radius 1 is 1.24 bits per heavy atom. The van der Waals surface area contributed by atoms with Crippen LogP contribution in [0.2, 0.25) is 0 Å². The minimum Gasteiger partial charge on any atom is -0.487 e. The fourth-order valence-corrected chi connectivity index (χ4v) is 5.63. The van der Waals surface area contributed by atoms with E-state index in [2.05, 4.69) is 0 Å². The molecule has 3 rings (SSSR count). The van der Waals surface area contributed by atoms with Crippen molar-refractivity contribution >= 4 is 15.9 Å². The Kier molecular flexibility index (Phi) is 5.06. The summed E-state index contributed by atoms with van der Waals surface area (Å²) in [6.07, 6.45) is 0.967. The first-order valence-corrected chi connectivity index (χ1v) is 10.3. The molecule has 2 aliphatic rings. The molecular formula is C18H26N2O4S. The number of likely N-dealkylation sites (tertiary alicyclic amines) is 1. The van der Waals surface area contributed by atoms with Gasteiger partial charge in [-0.05, 0) is 24.5 Å². The Labute approximate surface area is 149 Å². The summed E-state index contributed by atoms with van der Waals surface area (Å²) >= 11 is 0. The first-order chi connectivity index (χ1) is 11.8. The number of carbonyl (C=O) groups is 1. The zero-order chi connectivity index (χ0) is 18.2. The van der Waals surface area contributed by atoms with E-state index in [0.29, 0.717) is 38.2 Å². The Hall–Kier alpha value is -1.60. The maximum atomic E-state index is 13.3. The third kappa shape index (κ3) is 3.53. The number of hydrogen-bond donors (Lipinski definition) is 0. The van der Waals surface area contributed by atoms with Gasteiger partial charge in [0, 0.05) is 33.0 Å². The van der Waals surface area contributed by atoms with Crippen LogP contribution in [0.1, 0.15) is 33.6 Å². The van der Waals surface area contributed by atoms with Crippen molar-refractivity contribution < 1.29 is 17.9 Å².